The zero-order valence-electron chi connectivity index (χ0n) is 44.5. The van der Waals surface area contributed by atoms with Gasteiger partial charge in [0, 0.05) is 68.0 Å². The number of H-pyrrole nitrogens is 1. The Morgan fingerprint density at radius 3 is 2.33 bits per heavy atom. The second-order valence-electron chi connectivity index (χ2n) is 20.7. The molecule has 2 unspecified atom stereocenters. The molecular formula is C57H73N9O8S2. The van der Waals surface area contributed by atoms with Crippen LogP contribution in [0.15, 0.2) is 90.7 Å². The van der Waals surface area contributed by atoms with Crippen LogP contribution in [0.3, 0.4) is 0 Å². The van der Waals surface area contributed by atoms with Crippen molar-refractivity contribution in [2.75, 3.05) is 75.6 Å². The van der Waals surface area contributed by atoms with Crippen LogP contribution in [-0.2, 0) is 30.3 Å². The largest absolute Gasteiger partial charge is 0.491 e. The first kappa shape index (κ1) is 55.8. The molecule has 0 aliphatic carbocycles. The summed E-state index contributed by atoms with van der Waals surface area (Å²) in [6.45, 7) is 15.5. The number of unbranched alkanes of at least 4 members (excludes halogenated alkanes) is 1. The molecule has 0 saturated carbocycles. The van der Waals surface area contributed by atoms with Crippen LogP contribution in [0.4, 0.5) is 10.8 Å². The number of aryl methyl sites for hydroxylation is 1. The smallest absolute Gasteiger partial charge is 0.263 e. The molecule has 2 saturated heterocycles. The number of hydrogen-bond donors (Lipinski definition) is 5. The molecule has 0 spiro atoms. The van der Waals surface area contributed by atoms with Gasteiger partial charge in [-0.05, 0) is 79.1 Å². The van der Waals surface area contributed by atoms with Crippen molar-refractivity contribution in [2.45, 2.75) is 104 Å². The highest BCUT2D eigenvalue weighted by molar-refractivity contribution is 7.17. The summed E-state index contributed by atoms with van der Waals surface area (Å²) in [5, 5.41) is 21.9. The molecule has 0 bridgehead atoms. The number of thiazole rings is 2. The molecule has 4 amide bonds. The van der Waals surface area contributed by atoms with Crippen LogP contribution in [0.5, 0.6) is 5.75 Å². The number of amides is 4. The lowest BCUT2D eigenvalue weighted by Crippen LogP contribution is -2.58. The van der Waals surface area contributed by atoms with Crippen molar-refractivity contribution in [3.05, 3.63) is 112 Å². The molecule has 5 atom stereocenters. The average Bonchev–Trinajstić information content (AvgIpc) is 4.25. The monoisotopic (exact) mass is 1080 g/mol. The van der Waals surface area contributed by atoms with E-state index in [-0.39, 0.29) is 56.7 Å². The zero-order chi connectivity index (χ0) is 53.8. The van der Waals surface area contributed by atoms with Crippen LogP contribution in [0.2, 0.25) is 0 Å². The lowest BCUT2D eigenvalue weighted by molar-refractivity contribution is -0.144. The van der Waals surface area contributed by atoms with Crippen LogP contribution < -0.4 is 30.5 Å². The minimum atomic E-state index is -0.973. The van der Waals surface area contributed by atoms with E-state index in [2.05, 4.69) is 84.2 Å². The summed E-state index contributed by atoms with van der Waals surface area (Å²) in [5.74, 6) is -0.640. The van der Waals surface area contributed by atoms with E-state index in [1.165, 1.54) is 27.2 Å². The van der Waals surface area contributed by atoms with Crippen molar-refractivity contribution in [3.63, 3.8) is 0 Å². The van der Waals surface area contributed by atoms with Gasteiger partial charge in [-0.25, -0.2) is 9.97 Å². The van der Waals surface area contributed by atoms with Crippen LogP contribution >= 0.6 is 22.7 Å². The first-order valence-electron chi connectivity index (χ1n) is 26.4. The lowest BCUT2D eigenvalue weighted by Gasteiger charge is -2.36. The molecular weight excluding hydrogens is 1000 g/mol. The van der Waals surface area contributed by atoms with Crippen molar-refractivity contribution in [1.29, 1.82) is 0 Å². The number of aliphatic hydroxyl groups excluding tert-OH is 1. The second kappa shape index (κ2) is 26.1. The van der Waals surface area contributed by atoms with Crippen LogP contribution in [0.25, 0.3) is 21.3 Å². The first-order valence-corrected chi connectivity index (χ1v) is 28.1. The molecule has 6 aromatic rings. The van der Waals surface area contributed by atoms with E-state index in [4.69, 9.17) is 14.2 Å². The lowest BCUT2D eigenvalue weighted by atomic mass is 9.85. The number of carbonyl (C=O) groups is 4. The van der Waals surface area contributed by atoms with Crippen molar-refractivity contribution >= 4 is 68.0 Å². The summed E-state index contributed by atoms with van der Waals surface area (Å²) >= 11 is 3.02. The molecule has 2 fully saturated rings. The Kier molecular flexibility index (Phi) is 19.2. The normalized spacial score (nSPS) is 17.1. The minimum absolute atomic E-state index is 0.0208. The number of ether oxygens (including phenoxy) is 3. The van der Waals surface area contributed by atoms with Gasteiger partial charge >= 0.3 is 0 Å². The summed E-state index contributed by atoms with van der Waals surface area (Å²) in [6.07, 6.45) is 6.77. The molecule has 5 N–H and O–H groups in total. The number of benzene rings is 3. The number of nitrogens with one attached hydrogen (secondary N) is 4. The van der Waals surface area contributed by atoms with Gasteiger partial charge in [0.05, 0.1) is 54.2 Å². The third-order valence-corrected chi connectivity index (χ3v) is 16.0. The van der Waals surface area contributed by atoms with Gasteiger partial charge in [-0.2, -0.15) is 0 Å². The quantitative estimate of drug-likeness (QED) is 0.0371. The van der Waals surface area contributed by atoms with Gasteiger partial charge in [-0.1, -0.05) is 94.3 Å². The van der Waals surface area contributed by atoms with Crippen LogP contribution in [0.1, 0.15) is 92.8 Å². The first-order chi connectivity index (χ1) is 36.6. The highest BCUT2D eigenvalue weighted by Gasteiger charge is 2.45. The molecule has 2 aliphatic heterocycles. The minimum Gasteiger partial charge on any atom is -0.491 e. The Morgan fingerprint density at radius 1 is 0.882 bits per heavy atom. The van der Waals surface area contributed by atoms with Crippen molar-refractivity contribution in [3.8, 4) is 16.2 Å². The fourth-order valence-corrected chi connectivity index (χ4v) is 11.4. The van der Waals surface area contributed by atoms with Gasteiger partial charge in [-0.15, -0.1) is 11.3 Å². The third-order valence-electron chi connectivity index (χ3n) is 14.0. The van der Waals surface area contributed by atoms with Gasteiger partial charge in [-0.3, -0.25) is 19.2 Å². The molecule has 406 valence electrons. The molecule has 5 heterocycles. The van der Waals surface area contributed by atoms with Gasteiger partial charge in [0.25, 0.3) is 5.91 Å². The van der Waals surface area contributed by atoms with E-state index in [1.807, 2.05) is 82.6 Å². The summed E-state index contributed by atoms with van der Waals surface area (Å²) in [5.41, 5.74) is 7.44. The molecule has 3 aromatic carbocycles. The topological polar surface area (TPSA) is 204 Å². The summed E-state index contributed by atoms with van der Waals surface area (Å²) in [4.78, 5) is 74.4. The van der Waals surface area contributed by atoms with E-state index in [0.717, 1.165) is 95.6 Å². The van der Waals surface area contributed by atoms with Gasteiger partial charge in [0.15, 0.2) is 5.13 Å². The molecule has 8 rings (SSSR count). The van der Waals surface area contributed by atoms with E-state index in [0.29, 0.717) is 18.1 Å². The predicted octanol–water partition coefficient (Wildman–Crippen LogP) is 7.70. The fraction of sp³-hybridized carbons (Fsp3) is 0.474. The SMILES string of the molecule is CCCCC(Cc1c[nH]c2ccccc12)NC(=O)c1cnc(N2CCN(c3ccc(OCCOCCOCC(=O)NC(C(=O)N4C[C@H](O)C[C@H]4C(=O)N[C@@H](C)c4ccc(-c5scnc5C)cc4)C(C)(C)C)cc3)CC2)s1. The molecule has 17 nitrogen and oxygen atoms in total. The van der Waals surface area contributed by atoms with Crippen molar-refractivity contribution < 1.29 is 38.5 Å². The number of aromatic nitrogens is 3. The molecule has 76 heavy (non-hydrogen) atoms. The number of aromatic amines is 1. The van der Waals surface area contributed by atoms with E-state index < -0.39 is 35.4 Å². The number of anilines is 2. The van der Waals surface area contributed by atoms with Gasteiger partial charge < -0.3 is 55.0 Å². The van der Waals surface area contributed by atoms with Crippen LogP contribution in [0, 0.1) is 12.3 Å². The Labute approximate surface area is 453 Å². The number of rotatable bonds is 24. The molecule has 19 heteroatoms. The molecule has 0 radical (unpaired) electrons. The number of hydrogen-bond acceptors (Lipinski definition) is 14. The second-order valence-corrected chi connectivity index (χ2v) is 22.6. The molecule has 3 aromatic heterocycles. The number of aliphatic hydroxyl groups is 1. The number of likely N-dealkylation sites (tertiary alicyclic amines) is 1. The number of carbonyl (C=O) groups excluding carboxylic acids is 4. The maximum Gasteiger partial charge on any atom is 0.263 e. The zero-order valence-corrected chi connectivity index (χ0v) is 46.1. The fourth-order valence-electron chi connectivity index (χ4n) is 9.74. The predicted molar refractivity (Wildman–Crippen MR) is 299 cm³/mol. The highest BCUT2D eigenvalue weighted by Crippen LogP contribution is 2.31. The summed E-state index contributed by atoms with van der Waals surface area (Å²) < 4.78 is 17.2. The Balaban J connectivity index is 0.706. The van der Waals surface area contributed by atoms with Gasteiger partial charge in [0.1, 0.15) is 35.9 Å². The number of nitrogens with zero attached hydrogens (tertiary/aromatic N) is 5. The van der Waals surface area contributed by atoms with E-state index in [1.54, 1.807) is 17.5 Å². The summed E-state index contributed by atoms with van der Waals surface area (Å²) in [7, 11) is 0. The standard InChI is InChI=1S/C57H73N9O8S2/c1-7-8-11-42(30-41-32-58-47-13-10-9-12-46(41)47)62-54(70)49-33-59-56(76-49)65-24-22-64(23-25-65)43-18-20-45(21-19-43)74-29-28-72-26-27-73-35-50(68)63-52(57(4,5)6)55(71)66-34-44(67)31-48(66)53(69)61-37(2)39-14-16-40(17-15-39)51-38(3)60-36-75-51/h9-10,12-21,32-33,36-37,42,44,48,52,58,67H,7-8,11,22-31,34-35H2,1-6H3,(H,61,69)(H,62,70)(H,63,68)/t37-,42?,44+,48-,52?/m0/s1. The number of piperazine rings is 1. The third kappa shape index (κ3) is 14.5. The van der Waals surface area contributed by atoms with Crippen molar-refractivity contribution in [1.82, 2.24) is 35.8 Å². The van der Waals surface area contributed by atoms with Crippen molar-refractivity contribution in [2.24, 2.45) is 5.41 Å². The maximum absolute atomic E-state index is 14.1. The Hall–Kier alpha value is -6.38. The average molecular weight is 1080 g/mol. The number of β-amino-alcohol motifs (C(OH)–C–C–N with tert-alkyl or cyclic N) is 1. The van der Waals surface area contributed by atoms with E-state index in [9.17, 15) is 24.3 Å². The van der Waals surface area contributed by atoms with Gasteiger partial charge in [0.2, 0.25) is 17.7 Å². The number of para-hydroxylation sites is 1. The summed E-state index contributed by atoms with van der Waals surface area (Å²) in [6, 6.07) is 22.0. The van der Waals surface area contributed by atoms with Crippen LogP contribution in [-0.4, -0.2) is 139 Å². The van der Waals surface area contributed by atoms with E-state index >= 15 is 0 Å². The highest BCUT2D eigenvalue weighted by atomic mass is 32.1. The number of fused-ring (bicyclic) bond motifs is 1. The Morgan fingerprint density at radius 2 is 1.61 bits per heavy atom. The molecule has 2 aliphatic rings. The maximum atomic E-state index is 14.1. The Bertz CT molecular complexity index is 2860.